The average molecular weight is 537 g/mol. The largest absolute Gasteiger partial charge is 0.114 e. The van der Waals surface area contributed by atoms with E-state index >= 15 is 0 Å². The maximum atomic E-state index is 6.44. The van der Waals surface area contributed by atoms with Crippen molar-refractivity contribution >= 4 is 40.8 Å². The van der Waals surface area contributed by atoms with Crippen molar-refractivity contribution in [3.8, 4) is 44.5 Å². The van der Waals surface area contributed by atoms with Crippen molar-refractivity contribution in [2.75, 3.05) is 0 Å². The molecule has 0 amide bonds. The number of halogens is 1. The Morgan fingerprint density at radius 1 is 0.513 bits per heavy atom. The number of benzene rings is 6. The number of fused-ring (bicyclic) bond motifs is 2. The third-order valence-corrected chi connectivity index (χ3v) is 12.2. The van der Waals surface area contributed by atoms with Gasteiger partial charge in [0.25, 0.3) is 0 Å². The van der Waals surface area contributed by atoms with E-state index in [1.54, 1.807) is 0 Å². The van der Waals surface area contributed by atoms with Gasteiger partial charge in [0.05, 0.1) is 0 Å². The summed E-state index contributed by atoms with van der Waals surface area (Å²) in [5.74, 6) is 0. The maximum Gasteiger partial charge on any atom is 0.114 e. The number of hydrogen-bond acceptors (Lipinski definition) is 0. The topological polar surface area (TPSA) is 0 Å². The SMILES string of the molecule is Cc1c(-c2ccccc2)c(-c2ccccc2)c(-c2ccc(Cl)cc2)c2c1-c1cccc3cccc(c13)[Si]2(C)C. The molecule has 0 saturated heterocycles. The lowest BCUT2D eigenvalue weighted by atomic mass is 9.80. The van der Waals surface area contributed by atoms with Crippen molar-refractivity contribution in [1.82, 2.24) is 0 Å². The van der Waals surface area contributed by atoms with Crippen molar-refractivity contribution in [2.45, 2.75) is 20.0 Å². The molecule has 0 aromatic heterocycles. The molecule has 1 heterocycles. The fraction of sp³-hybridized carbons (Fsp3) is 0.0811. The van der Waals surface area contributed by atoms with Gasteiger partial charge in [-0.25, -0.2) is 0 Å². The third-order valence-electron chi connectivity index (χ3n) is 8.48. The van der Waals surface area contributed by atoms with Crippen LogP contribution in [0.15, 0.2) is 121 Å². The molecule has 39 heavy (non-hydrogen) atoms. The van der Waals surface area contributed by atoms with E-state index in [0.29, 0.717) is 0 Å². The van der Waals surface area contributed by atoms with Crippen molar-refractivity contribution in [1.29, 1.82) is 0 Å². The van der Waals surface area contributed by atoms with E-state index in [9.17, 15) is 0 Å². The summed E-state index contributed by atoms with van der Waals surface area (Å²) in [6.07, 6.45) is 0. The molecular weight excluding hydrogens is 508 g/mol. The van der Waals surface area contributed by atoms with Gasteiger partial charge in [0.15, 0.2) is 0 Å². The molecule has 0 atom stereocenters. The van der Waals surface area contributed by atoms with Crippen molar-refractivity contribution < 1.29 is 0 Å². The summed E-state index contributed by atoms with van der Waals surface area (Å²) < 4.78 is 0. The summed E-state index contributed by atoms with van der Waals surface area (Å²) in [4.78, 5) is 0. The van der Waals surface area contributed by atoms with Crippen LogP contribution < -0.4 is 10.4 Å². The molecule has 0 N–H and O–H groups in total. The predicted molar refractivity (Wildman–Crippen MR) is 172 cm³/mol. The molecule has 1 aliphatic heterocycles. The Bertz CT molecular complexity index is 1860. The smallest absolute Gasteiger partial charge is 0.0843 e. The van der Waals surface area contributed by atoms with E-state index in [4.69, 9.17) is 11.6 Å². The third kappa shape index (κ3) is 3.65. The van der Waals surface area contributed by atoms with E-state index in [1.165, 1.54) is 71.2 Å². The summed E-state index contributed by atoms with van der Waals surface area (Å²) in [5.41, 5.74) is 11.8. The normalized spacial score (nSPS) is 13.3. The van der Waals surface area contributed by atoms with Gasteiger partial charge in [-0.15, -0.1) is 0 Å². The highest BCUT2D eigenvalue weighted by atomic mass is 35.5. The summed E-state index contributed by atoms with van der Waals surface area (Å²) >= 11 is 6.44. The Hall–Kier alpha value is -3.91. The van der Waals surface area contributed by atoms with Crippen LogP contribution in [0.4, 0.5) is 0 Å². The van der Waals surface area contributed by atoms with Gasteiger partial charge >= 0.3 is 0 Å². The molecule has 0 unspecified atom stereocenters. The quantitative estimate of drug-likeness (QED) is 0.197. The van der Waals surface area contributed by atoms with Gasteiger partial charge in [-0.3, -0.25) is 0 Å². The van der Waals surface area contributed by atoms with Gasteiger partial charge in [0.2, 0.25) is 0 Å². The molecule has 6 aromatic carbocycles. The molecule has 0 nitrogen and oxygen atoms in total. The van der Waals surface area contributed by atoms with Gasteiger partial charge in [-0.1, -0.05) is 134 Å². The van der Waals surface area contributed by atoms with Crippen LogP contribution in [0.5, 0.6) is 0 Å². The van der Waals surface area contributed by atoms with Crippen LogP contribution in [0.2, 0.25) is 18.1 Å². The van der Waals surface area contributed by atoms with Gasteiger partial charge in [-0.2, -0.15) is 0 Å². The van der Waals surface area contributed by atoms with Crippen LogP contribution in [0.25, 0.3) is 55.3 Å². The minimum atomic E-state index is -2.16. The Kier molecular flexibility index (Phi) is 5.63. The van der Waals surface area contributed by atoms with E-state index in [1.807, 2.05) is 12.1 Å². The van der Waals surface area contributed by atoms with E-state index < -0.39 is 8.07 Å². The van der Waals surface area contributed by atoms with Crippen molar-refractivity contribution in [2.24, 2.45) is 0 Å². The molecule has 0 fully saturated rings. The highest BCUT2D eigenvalue weighted by Crippen LogP contribution is 2.48. The first kappa shape index (κ1) is 24.1. The summed E-state index contributed by atoms with van der Waals surface area (Å²) in [5, 5.41) is 6.56. The van der Waals surface area contributed by atoms with Gasteiger partial charge in [-0.05, 0) is 90.3 Å². The predicted octanol–water partition coefficient (Wildman–Crippen LogP) is 9.61. The van der Waals surface area contributed by atoms with Crippen LogP contribution in [-0.2, 0) is 0 Å². The summed E-state index contributed by atoms with van der Waals surface area (Å²) in [6.45, 7) is 7.41. The van der Waals surface area contributed by atoms with Crippen LogP contribution in [0.1, 0.15) is 5.56 Å². The molecule has 0 saturated carbocycles. The molecule has 188 valence electrons. The number of hydrogen-bond donors (Lipinski definition) is 0. The second-order valence-electron chi connectivity index (χ2n) is 11.1. The molecule has 6 aromatic rings. The first-order chi connectivity index (χ1) is 19.0. The second-order valence-corrected chi connectivity index (χ2v) is 15.8. The van der Waals surface area contributed by atoms with Gasteiger partial charge in [0.1, 0.15) is 8.07 Å². The Balaban J connectivity index is 1.77. The first-order valence-corrected chi connectivity index (χ1v) is 16.9. The maximum absolute atomic E-state index is 6.44. The highest BCUT2D eigenvalue weighted by molar-refractivity contribution is 7.04. The van der Waals surface area contributed by atoms with Gasteiger partial charge in [0, 0.05) is 5.02 Å². The molecule has 2 heteroatoms. The Morgan fingerprint density at radius 3 is 1.72 bits per heavy atom. The molecule has 7 rings (SSSR count). The Labute approximate surface area is 236 Å². The minimum absolute atomic E-state index is 0.760. The first-order valence-electron chi connectivity index (χ1n) is 13.6. The summed E-state index contributed by atoms with van der Waals surface area (Å²) in [6, 6.07) is 44.1. The number of rotatable bonds is 3. The van der Waals surface area contributed by atoms with E-state index in [0.717, 1.165) is 5.02 Å². The highest BCUT2D eigenvalue weighted by Gasteiger charge is 2.40. The van der Waals surface area contributed by atoms with Gasteiger partial charge < -0.3 is 0 Å². The lowest BCUT2D eigenvalue weighted by molar-refractivity contribution is 1.45. The molecular formula is C37H29ClSi. The lowest BCUT2D eigenvalue weighted by Gasteiger charge is -2.38. The zero-order valence-electron chi connectivity index (χ0n) is 22.4. The minimum Gasteiger partial charge on any atom is -0.0843 e. The average Bonchev–Trinajstić information content (AvgIpc) is 2.97. The fourth-order valence-electron chi connectivity index (χ4n) is 6.81. The zero-order valence-corrected chi connectivity index (χ0v) is 24.2. The van der Waals surface area contributed by atoms with E-state index in [-0.39, 0.29) is 0 Å². The molecule has 0 bridgehead atoms. The van der Waals surface area contributed by atoms with Crippen LogP contribution in [0.3, 0.4) is 0 Å². The molecule has 0 spiro atoms. The standard InChI is InChI=1S/C37H29ClSi/c1-24-32(25-12-6-4-7-13-25)35(27-14-8-5-9-15-27)36(28-20-22-29(38)23-21-28)37-33(24)30-18-10-16-26-17-11-19-31(34(26)30)39(37,2)3/h4-23H,1-3H3. The second kappa shape index (κ2) is 9.09. The van der Waals surface area contributed by atoms with Crippen LogP contribution in [0, 0.1) is 6.92 Å². The van der Waals surface area contributed by atoms with Crippen LogP contribution in [-0.4, -0.2) is 8.07 Å². The molecule has 0 radical (unpaired) electrons. The fourth-order valence-corrected chi connectivity index (χ4v) is 10.5. The Morgan fingerprint density at radius 2 is 1.08 bits per heavy atom. The van der Waals surface area contributed by atoms with Crippen LogP contribution >= 0.6 is 11.6 Å². The van der Waals surface area contributed by atoms with E-state index in [2.05, 4.69) is 129 Å². The van der Waals surface area contributed by atoms with Crippen molar-refractivity contribution in [3.63, 3.8) is 0 Å². The zero-order chi connectivity index (χ0) is 26.7. The monoisotopic (exact) mass is 536 g/mol. The summed E-state index contributed by atoms with van der Waals surface area (Å²) in [7, 11) is -2.16. The lowest BCUT2D eigenvalue weighted by Crippen LogP contribution is -2.57. The molecule has 0 aliphatic carbocycles. The van der Waals surface area contributed by atoms with Crippen molar-refractivity contribution in [3.05, 3.63) is 132 Å². The molecule has 1 aliphatic rings.